The summed E-state index contributed by atoms with van der Waals surface area (Å²) in [5, 5.41) is 0. The van der Waals surface area contributed by atoms with E-state index in [2.05, 4.69) is 16.0 Å². The second-order valence-electron chi connectivity index (χ2n) is 6.84. The Morgan fingerprint density at radius 1 is 1.19 bits per heavy atom. The summed E-state index contributed by atoms with van der Waals surface area (Å²) in [6.45, 7) is 3.13. The highest BCUT2D eigenvalue weighted by Gasteiger charge is 2.47. The van der Waals surface area contributed by atoms with E-state index >= 15 is 0 Å². The molecule has 0 N–H and O–H groups in total. The van der Waals surface area contributed by atoms with Crippen LogP contribution in [0.4, 0.5) is 4.79 Å². The van der Waals surface area contributed by atoms with Gasteiger partial charge in [-0.2, -0.15) is 0 Å². The van der Waals surface area contributed by atoms with E-state index in [1.54, 1.807) is 13.3 Å². The summed E-state index contributed by atoms with van der Waals surface area (Å²) < 4.78 is 10.8. The van der Waals surface area contributed by atoms with Gasteiger partial charge >= 0.3 is 6.09 Å². The van der Waals surface area contributed by atoms with E-state index in [0.717, 1.165) is 31.8 Å². The zero-order chi connectivity index (χ0) is 17.9. The predicted molar refractivity (Wildman–Crippen MR) is 97.0 cm³/mol. The summed E-state index contributed by atoms with van der Waals surface area (Å²) in [7, 11) is 1.66. The van der Waals surface area contributed by atoms with Gasteiger partial charge in [0.1, 0.15) is 11.9 Å². The number of carbonyl (C=O) groups is 1. The fourth-order valence-corrected chi connectivity index (χ4v) is 3.76. The molecule has 2 aliphatic heterocycles. The number of pyridine rings is 1. The maximum Gasteiger partial charge on any atom is 0.410 e. The molecule has 3 heterocycles. The predicted octanol–water partition coefficient (Wildman–Crippen LogP) is 2.34. The van der Waals surface area contributed by atoms with Crippen molar-refractivity contribution in [1.29, 1.82) is 0 Å². The van der Waals surface area contributed by atoms with Crippen LogP contribution in [0.2, 0.25) is 0 Å². The molecule has 1 aromatic heterocycles. The maximum atomic E-state index is 12.2. The number of likely N-dealkylation sites (tertiary alicyclic amines) is 1. The average Bonchev–Trinajstić information content (AvgIpc) is 3.17. The molecule has 0 aliphatic carbocycles. The van der Waals surface area contributed by atoms with Gasteiger partial charge in [0.05, 0.1) is 13.2 Å². The molecule has 1 aromatic carbocycles. The number of rotatable bonds is 6. The molecule has 2 fully saturated rings. The van der Waals surface area contributed by atoms with E-state index in [0.29, 0.717) is 6.54 Å². The highest BCUT2D eigenvalue weighted by atomic mass is 16.6. The first kappa shape index (κ1) is 16.8. The molecule has 0 spiro atoms. The van der Waals surface area contributed by atoms with Gasteiger partial charge in [-0.05, 0) is 35.7 Å². The SMILES string of the molecule is COc1ccc(CCN2C(=O)O[C@@H]3CN(Cc4cccnc4)C[C@@H]32)cc1. The van der Waals surface area contributed by atoms with Crippen molar-refractivity contribution in [3.63, 3.8) is 0 Å². The summed E-state index contributed by atoms with van der Waals surface area (Å²) in [6.07, 6.45) is 4.27. The van der Waals surface area contributed by atoms with Crippen LogP contribution in [-0.2, 0) is 17.7 Å². The fraction of sp³-hybridized carbons (Fsp3) is 0.400. The van der Waals surface area contributed by atoms with Gasteiger partial charge in [0.2, 0.25) is 0 Å². The van der Waals surface area contributed by atoms with Crippen molar-refractivity contribution in [3.8, 4) is 5.75 Å². The van der Waals surface area contributed by atoms with E-state index in [1.165, 1.54) is 11.1 Å². The van der Waals surface area contributed by atoms with Crippen LogP contribution in [0.25, 0.3) is 0 Å². The standard InChI is InChI=1S/C20H23N3O3/c1-25-17-6-4-15(5-7-17)8-10-23-18-13-22(14-19(18)26-20(23)24)12-16-3-2-9-21-11-16/h2-7,9,11,18-19H,8,10,12-14H2,1H3/t18-,19+/m0/s1. The molecular weight excluding hydrogens is 330 g/mol. The monoisotopic (exact) mass is 353 g/mol. The Kier molecular flexibility index (Phi) is 4.75. The van der Waals surface area contributed by atoms with Crippen molar-refractivity contribution in [2.75, 3.05) is 26.7 Å². The number of methoxy groups -OCH3 is 1. The number of carbonyl (C=O) groups excluding carboxylic acids is 1. The Bertz CT molecular complexity index is 751. The lowest BCUT2D eigenvalue weighted by Crippen LogP contribution is -2.39. The van der Waals surface area contributed by atoms with E-state index in [9.17, 15) is 4.79 Å². The second-order valence-corrected chi connectivity index (χ2v) is 6.84. The van der Waals surface area contributed by atoms with Crippen LogP contribution in [0, 0.1) is 0 Å². The third-order valence-electron chi connectivity index (χ3n) is 5.13. The van der Waals surface area contributed by atoms with Gasteiger partial charge in [0.25, 0.3) is 0 Å². The number of aromatic nitrogens is 1. The van der Waals surface area contributed by atoms with Gasteiger partial charge in [-0.15, -0.1) is 0 Å². The summed E-state index contributed by atoms with van der Waals surface area (Å²) in [5.41, 5.74) is 2.37. The van der Waals surface area contributed by atoms with Crippen molar-refractivity contribution in [3.05, 3.63) is 59.9 Å². The average molecular weight is 353 g/mol. The maximum absolute atomic E-state index is 12.2. The number of hydrogen-bond acceptors (Lipinski definition) is 5. The number of benzene rings is 1. The summed E-state index contributed by atoms with van der Waals surface area (Å²) >= 11 is 0. The first-order valence-corrected chi connectivity index (χ1v) is 8.94. The molecule has 0 bridgehead atoms. The van der Waals surface area contributed by atoms with Gasteiger partial charge < -0.3 is 9.47 Å². The number of fused-ring (bicyclic) bond motifs is 1. The van der Waals surface area contributed by atoms with Crippen LogP contribution in [0.3, 0.4) is 0 Å². The minimum atomic E-state index is -0.186. The summed E-state index contributed by atoms with van der Waals surface area (Å²) in [5.74, 6) is 0.844. The largest absolute Gasteiger partial charge is 0.497 e. The Hall–Kier alpha value is -2.60. The van der Waals surface area contributed by atoms with Crippen LogP contribution >= 0.6 is 0 Å². The highest BCUT2D eigenvalue weighted by molar-refractivity contribution is 5.71. The molecule has 0 unspecified atom stereocenters. The van der Waals surface area contributed by atoms with E-state index < -0.39 is 0 Å². The van der Waals surface area contributed by atoms with Gasteiger partial charge in [-0.1, -0.05) is 18.2 Å². The minimum Gasteiger partial charge on any atom is -0.497 e. The zero-order valence-corrected chi connectivity index (χ0v) is 14.9. The van der Waals surface area contributed by atoms with Crippen LogP contribution in [0.5, 0.6) is 5.75 Å². The molecule has 26 heavy (non-hydrogen) atoms. The van der Waals surface area contributed by atoms with Crippen LogP contribution in [0.15, 0.2) is 48.8 Å². The highest BCUT2D eigenvalue weighted by Crippen LogP contribution is 2.28. The van der Waals surface area contributed by atoms with Crippen LogP contribution in [0.1, 0.15) is 11.1 Å². The number of hydrogen-bond donors (Lipinski definition) is 0. The topological polar surface area (TPSA) is 54.9 Å². The van der Waals surface area contributed by atoms with Crippen LogP contribution < -0.4 is 4.74 Å². The molecule has 2 atom stereocenters. The molecule has 4 rings (SSSR count). The smallest absolute Gasteiger partial charge is 0.410 e. The number of amides is 1. The minimum absolute atomic E-state index is 0.0324. The van der Waals surface area contributed by atoms with Gasteiger partial charge in [-0.3, -0.25) is 14.8 Å². The van der Waals surface area contributed by atoms with Crippen molar-refractivity contribution in [2.24, 2.45) is 0 Å². The lowest BCUT2D eigenvalue weighted by Gasteiger charge is -2.22. The lowest BCUT2D eigenvalue weighted by atomic mass is 10.1. The molecule has 0 radical (unpaired) electrons. The first-order valence-electron chi connectivity index (χ1n) is 8.94. The molecule has 2 aromatic rings. The molecule has 2 saturated heterocycles. The van der Waals surface area contributed by atoms with Gasteiger partial charge in [-0.25, -0.2) is 4.79 Å². The summed E-state index contributed by atoms with van der Waals surface area (Å²) in [6, 6.07) is 12.2. The Morgan fingerprint density at radius 3 is 2.77 bits per heavy atom. The molecular formula is C20H23N3O3. The molecule has 1 amide bonds. The molecule has 136 valence electrons. The first-order chi connectivity index (χ1) is 12.7. The van der Waals surface area contributed by atoms with Gasteiger partial charge in [0.15, 0.2) is 0 Å². The fourth-order valence-electron chi connectivity index (χ4n) is 3.76. The normalized spacial score (nSPS) is 22.3. The van der Waals surface area contributed by atoms with Crippen LogP contribution in [-0.4, -0.2) is 59.8 Å². The van der Waals surface area contributed by atoms with Crippen molar-refractivity contribution in [1.82, 2.24) is 14.8 Å². The molecule has 0 saturated carbocycles. The van der Waals surface area contributed by atoms with Crippen molar-refractivity contribution >= 4 is 6.09 Å². The number of nitrogens with zero attached hydrogens (tertiary/aromatic N) is 3. The third-order valence-corrected chi connectivity index (χ3v) is 5.13. The second kappa shape index (κ2) is 7.33. The van der Waals surface area contributed by atoms with Crippen molar-refractivity contribution in [2.45, 2.75) is 25.1 Å². The quantitative estimate of drug-likeness (QED) is 0.798. The van der Waals surface area contributed by atoms with E-state index in [4.69, 9.17) is 9.47 Å². The Labute approximate surface area is 153 Å². The van der Waals surface area contributed by atoms with E-state index in [1.807, 2.05) is 41.4 Å². The third kappa shape index (κ3) is 3.51. The van der Waals surface area contributed by atoms with Crippen molar-refractivity contribution < 1.29 is 14.3 Å². The zero-order valence-electron chi connectivity index (χ0n) is 14.9. The molecule has 6 heteroatoms. The van der Waals surface area contributed by atoms with E-state index in [-0.39, 0.29) is 18.2 Å². The number of ether oxygens (including phenoxy) is 2. The molecule has 6 nitrogen and oxygen atoms in total. The van der Waals surface area contributed by atoms with Gasteiger partial charge in [0, 0.05) is 38.6 Å². The Balaban J connectivity index is 1.35. The molecule has 2 aliphatic rings. The Morgan fingerprint density at radius 2 is 2.04 bits per heavy atom. The summed E-state index contributed by atoms with van der Waals surface area (Å²) in [4.78, 5) is 20.6. The lowest BCUT2D eigenvalue weighted by molar-refractivity contribution is 0.120.